The van der Waals surface area contributed by atoms with E-state index >= 15 is 0 Å². The highest BCUT2D eigenvalue weighted by Crippen LogP contribution is 2.22. The van der Waals surface area contributed by atoms with Gasteiger partial charge >= 0.3 is 0 Å². The van der Waals surface area contributed by atoms with Gasteiger partial charge in [0.1, 0.15) is 17.2 Å². The summed E-state index contributed by atoms with van der Waals surface area (Å²) < 4.78 is 13.6. The van der Waals surface area contributed by atoms with E-state index in [2.05, 4.69) is 5.32 Å². The molecule has 0 atom stereocenters. The highest BCUT2D eigenvalue weighted by Gasteiger charge is 2.31. The smallest absolute Gasteiger partial charge is 0.229 e. The number of halogens is 1. The number of rotatable bonds is 3. The van der Waals surface area contributed by atoms with Gasteiger partial charge in [-0.25, -0.2) is 4.39 Å². The van der Waals surface area contributed by atoms with E-state index in [1.807, 2.05) is 0 Å². The minimum absolute atomic E-state index is 0.179. The molecule has 0 unspecified atom stereocenters. The van der Waals surface area contributed by atoms with Crippen LogP contribution in [0.1, 0.15) is 26.3 Å². The molecule has 6 heteroatoms. The number of allylic oxidation sites excluding steroid dienone is 2. The molecule has 1 aliphatic rings. The summed E-state index contributed by atoms with van der Waals surface area (Å²) in [4.78, 5) is 36.8. The van der Waals surface area contributed by atoms with Crippen LogP contribution in [-0.4, -0.2) is 17.5 Å². The SMILES string of the molecule is NC1=C(NC(=O)Cc2ccccc2F)C(=O)c2ccccc2C1=O. The Balaban J connectivity index is 1.86. The number of benzene rings is 2. The first-order chi connectivity index (χ1) is 11.5. The average Bonchev–Trinajstić information content (AvgIpc) is 2.59. The van der Waals surface area contributed by atoms with Crippen LogP contribution in [0.15, 0.2) is 59.9 Å². The Bertz CT molecular complexity index is 903. The van der Waals surface area contributed by atoms with Crippen LogP contribution in [0.5, 0.6) is 0 Å². The summed E-state index contributed by atoms with van der Waals surface area (Å²) in [7, 11) is 0. The van der Waals surface area contributed by atoms with Gasteiger partial charge in [0, 0.05) is 11.1 Å². The van der Waals surface area contributed by atoms with Gasteiger partial charge in [-0.3, -0.25) is 14.4 Å². The maximum Gasteiger partial charge on any atom is 0.229 e. The van der Waals surface area contributed by atoms with Crippen LogP contribution in [0.3, 0.4) is 0 Å². The van der Waals surface area contributed by atoms with E-state index in [0.29, 0.717) is 0 Å². The van der Waals surface area contributed by atoms with Crippen molar-refractivity contribution in [1.82, 2.24) is 5.32 Å². The molecule has 0 aromatic heterocycles. The van der Waals surface area contributed by atoms with Crippen LogP contribution in [0.2, 0.25) is 0 Å². The lowest BCUT2D eigenvalue weighted by Crippen LogP contribution is -2.37. The zero-order valence-electron chi connectivity index (χ0n) is 12.5. The molecule has 120 valence electrons. The third-order valence-electron chi connectivity index (χ3n) is 3.73. The van der Waals surface area contributed by atoms with Crippen molar-refractivity contribution in [2.24, 2.45) is 5.73 Å². The second-order valence-corrected chi connectivity index (χ2v) is 5.31. The van der Waals surface area contributed by atoms with Crippen molar-refractivity contribution in [2.75, 3.05) is 0 Å². The molecule has 3 N–H and O–H groups in total. The number of nitrogens with one attached hydrogen (secondary N) is 1. The van der Waals surface area contributed by atoms with Crippen LogP contribution < -0.4 is 11.1 Å². The monoisotopic (exact) mass is 324 g/mol. The quantitative estimate of drug-likeness (QED) is 0.900. The summed E-state index contributed by atoms with van der Waals surface area (Å²) in [6.45, 7) is 0. The number of carbonyl (C=O) groups excluding carboxylic acids is 3. The lowest BCUT2D eigenvalue weighted by molar-refractivity contribution is -0.119. The topological polar surface area (TPSA) is 89.3 Å². The molecule has 0 spiro atoms. The predicted octanol–water partition coefficient (Wildman–Crippen LogP) is 1.73. The van der Waals surface area contributed by atoms with Gasteiger partial charge in [0.2, 0.25) is 17.5 Å². The van der Waals surface area contributed by atoms with E-state index in [-0.39, 0.29) is 34.5 Å². The lowest BCUT2D eigenvalue weighted by Gasteiger charge is -2.19. The Morgan fingerprint density at radius 2 is 1.54 bits per heavy atom. The molecule has 0 heterocycles. The average molecular weight is 324 g/mol. The molecule has 5 nitrogen and oxygen atoms in total. The Morgan fingerprint density at radius 1 is 0.958 bits per heavy atom. The second kappa shape index (κ2) is 6.08. The molecule has 0 saturated heterocycles. The Morgan fingerprint density at radius 3 is 2.21 bits per heavy atom. The van der Waals surface area contributed by atoms with E-state index in [1.165, 1.54) is 30.3 Å². The van der Waals surface area contributed by atoms with Gasteiger partial charge in [-0.1, -0.05) is 42.5 Å². The maximum absolute atomic E-state index is 13.6. The first-order valence-electron chi connectivity index (χ1n) is 7.20. The van der Waals surface area contributed by atoms with Crippen LogP contribution in [-0.2, 0) is 11.2 Å². The second-order valence-electron chi connectivity index (χ2n) is 5.31. The molecule has 0 radical (unpaired) electrons. The standard InChI is InChI=1S/C18H13FN2O3/c19-13-8-4-1-5-10(13)9-14(22)21-16-15(20)17(23)11-6-2-3-7-12(11)18(16)24/h1-8H,9,20H2,(H,21,22). The largest absolute Gasteiger partial charge is 0.394 e. The van der Waals surface area contributed by atoms with E-state index in [1.54, 1.807) is 18.2 Å². The van der Waals surface area contributed by atoms with Gasteiger partial charge in [0.15, 0.2) is 0 Å². The van der Waals surface area contributed by atoms with Crippen molar-refractivity contribution < 1.29 is 18.8 Å². The van der Waals surface area contributed by atoms with Crippen molar-refractivity contribution in [2.45, 2.75) is 6.42 Å². The van der Waals surface area contributed by atoms with Gasteiger partial charge in [0.05, 0.1) is 6.42 Å². The Kier molecular flexibility index (Phi) is 3.95. The molecule has 0 saturated carbocycles. The van der Waals surface area contributed by atoms with Gasteiger partial charge in [0.25, 0.3) is 0 Å². The normalized spacial score (nSPS) is 13.7. The van der Waals surface area contributed by atoms with Crippen molar-refractivity contribution in [3.63, 3.8) is 0 Å². The predicted molar refractivity (Wildman–Crippen MR) is 84.6 cm³/mol. The summed E-state index contributed by atoms with van der Waals surface area (Å²) in [6.07, 6.45) is -0.271. The summed E-state index contributed by atoms with van der Waals surface area (Å²) >= 11 is 0. The fourth-order valence-corrected chi connectivity index (χ4v) is 2.52. The fourth-order valence-electron chi connectivity index (χ4n) is 2.52. The Labute approximate surface area is 137 Å². The summed E-state index contributed by atoms with van der Waals surface area (Å²) in [5.74, 6) is -2.21. The summed E-state index contributed by atoms with van der Waals surface area (Å²) in [5.41, 5.74) is 5.70. The van der Waals surface area contributed by atoms with Crippen LogP contribution in [0, 0.1) is 5.82 Å². The number of carbonyl (C=O) groups is 3. The van der Waals surface area contributed by atoms with Gasteiger partial charge in [-0.2, -0.15) is 0 Å². The third-order valence-corrected chi connectivity index (χ3v) is 3.73. The first kappa shape index (κ1) is 15.6. The van der Waals surface area contributed by atoms with Crippen molar-refractivity contribution in [1.29, 1.82) is 0 Å². The van der Waals surface area contributed by atoms with Crippen LogP contribution >= 0.6 is 0 Å². The molecule has 0 aliphatic heterocycles. The first-order valence-corrected chi connectivity index (χ1v) is 7.20. The van der Waals surface area contributed by atoms with Crippen LogP contribution in [0.25, 0.3) is 0 Å². The molecule has 1 aliphatic carbocycles. The van der Waals surface area contributed by atoms with Crippen molar-refractivity contribution >= 4 is 17.5 Å². The molecule has 2 aromatic rings. The number of nitrogens with two attached hydrogens (primary N) is 1. The molecular formula is C18H13FN2O3. The number of fused-ring (bicyclic) bond motifs is 1. The third kappa shape index (κ3) is 2.69. The number of Topliss-reactive ketones (excluding diaryl/α,β-unsaturated/α-hetero) is 2. The van der Waals surface area contributed by atoms with E-state index in [9.17, 15) is 18.8 Å². The summed E-state index contributed by atoms with van der Waals surface area (Å²) in [6, 6.07) is 12.1. The van der Waals surface area contributed by atoms with E-state index in [0.717, 1.165) is 0 Å². The molecule has 1 amide bonds. The van der Waals surface area contributed by atoms with Crippen molar-refractivity contribution in [3.05, 3.63) is 82.4 Å². The fraction of sp³-hybridized carbons (Fsp3) is 0.0556. The molecular weight excluding hydrogens is 311 g/mol. The highest BCUT2D eigenvalue weighted by molar-refractivity contribution is 6.27. The lowest BCUT2D eigenvalue weighted by atomic mass is 9.90. The van der Waals surface area contributed by atoms with Gasteiger partial charge in [-0.15, -0.1) is 0 Å². The van der Waals surface area contributed by atoms with Crippen molar-refractivity contribution in [3.8, 4) is 0 Å². The molecule has 2 aromatic carbocycles. The highest BCUT2D eigenvalue weighted by atomic mass is 19.1. The van der Waals surface area contributed by atoms with E-state index < -0.39 is 23.3 Å². The Hall–Kier alpha value is -3.28. The van der Waals surface area contributed by atoms with Crippen LogP contribution in [0.4, 0.5) is 4.39 Å². The number of hydrogen-bond acceptors (Lipinski definition) is 4. The molecule has 3 rings (SSSR count). The number of ketones is 2. The number of hydrogen-bond donors (Lipinski definition) is 2. The van der Waals surface area contributed by atoms with Gasteiger partial charge in [-0.05, 0) is 11.6 Å². The van der Waals surface area contributed by atoms with E-state index in [4.69, 9.17) is 5.73 Å². The zero-order valence-corrected chi connectivity index (χ0v) is 12.5. The summed E-state index contributed by atoms with van der Waals surface area (Å²) in [5, 5.41) is 2.34. The minimum atomic E-state index is -0.626. The maximum atomic E-state index is 13.6. The molecule has 0 fully saturated rings. The molecule has 24 heavy (non-hydrogen) atoms. The van der Waals surface area contributed by atoms with Gasteiger partial charge < -0.3 is 11.1 Å². The number of amides is 1. The zero-order chi connectivity index (χ0) is 17.3. The molecule has 0 bridgehead atoms. The minimum Gasteiger partial charge on any atom is -0.394 e.